The minimum Gasteiger partial charge on any atom is -0.357 e. The predicted octanol–water partition coefficient (Wildman–Crippen LogP) is 1.54. The molecule has 3 aliphatic rings. The third-order valence-electron chi connectivity index (χ3n) is 6.49. The van der Waals surface area contributed by atoms with E-state index in [0.29, 0.717) is 11.8 Å². The van der Waals surface area contributed by atoms with Crippen molar-refractivity contribution in [2.75, 3.05) is 72.5 Å². The van der Waals surface area contributed by atoms with Crippen LogP contribution in [-0.2, 0) is 4.79 Å². The summed E-state index contributed by atoms with van der Waals surface area (Å²) >= 11 is 0. The lowest BCUT2D eigenvalue weighted by Crippen LogP contribution is -2.57. The summed E-state index contributed by atoms with van der Waals surface area (Å²) in [7, 11) is 2.21. The molecular formula is C21H41IN6O. The number of piperazine rings is 1. The Morgan fingerprint density at radius 3 is 2.34 bits per heavy atom. The zero-order valence-corrected chi connectivity index (χ0v) is 20.9. The van der Waals surface area contributed by atoms with E-state index in [9.17, 15) is 4.79 Å². The normalized spacial score (nSPS) is 25.6. The molecule has 3 aliphatic heterocycles. The number of nitrogens with zero attached hydrogens (tertiary/aromatic N) is 5. The van der Waals surface area contributed by atoms with Crippen molar-refractivity contribution in [1.29, 1.82) is 0 Å². The molecule has 1 amide bonds. The van der Waals surface area contributed by atoms with Gasteiger partial charge >= 0.3 is 0 Å². The Bertz CT molecular complexity index is 531. The van der Waals surface area contributed by atoms with Crippen molar-refractivity contribution in [2.45, 2.75) is 45.6 Å². The molecule has 0 bridgehead atoms. The first-order valence-corrected chi connectivity index (χ1v) is 11.3. The number of guanidine groups is 1. The summed E-state index contributed by atoms with van der Waals surface area (Å²) in [5.74, 6) is 2.04. The summed E-state index contributed by atoms with van der Waals surface area (Å²) in [5.41, 5.74) is 0. The van der Waals surface area contributed by atoms with E-state index in [0.717, 1.165) is 77.7 Å². The van der Waals surface area contributed by atoms with Crippen molar-refractivity contribution < 1.29 is 4.79 Å². The van der Waals surface area contributed by atoms with Crippen LogP contribution in [0.15, 0.2) is 4.99 Å². The van der Waals surface area contributed by atoms with Gasteiger partial charge in [-0.15, -0.1) is 24.0 Å². The highest BCUT2D eigenvalue weighted by atomic mass is 127. The lowest BCUT2D eigenvalue weighted by Gasteiger charge is -2.39. The molecule has 3 heterocycles. The maximum atomic E-state index is 12.7. The molecule has 1 N–H and O–H groups in total. The van der Waals surface area contributed by atoms with E-state index in [-0.39, 0.29) is 30.0 Å². The maximum Gasteiger partial charge on any atom is 0.239 e. The zero-order valence-electron chi connectivity index (χ0n) is 18.6. The highest BCUT2D eigenvalue weighted by Crippen LogP contribution is 2.16. The fraction of sp³-hybridized carbons (Fsp3) is 0.905. The Hall–Kier alpha value is -0.610. The molecule has 2 unspecified atom stereocenters. The van der Waals surface area contributed by atoms with Gasteiger partial charge in [0.15, 0.2) is 5.96 Å². The standard InChI is InChI=1S/C21H40N6O.HI/c1-4-22-21(23-16-19-8-7-9-24(3)17-19)27-14-12-25(13-15-27)18(2)20(28)26-10-5-6-11-26;/h18-19H,4-17H2,1-3H3,(H,22,23);1H. The van der Waals surface area contributed by atoms with Gasteiger partial charge in [0.2, 0.25) is 5.91 Å². The number of nitrogens with one attached hydrogen (secondary N) is 1. The van der Waals surface area contributed by atoms with Gasteiger partial charge in [0.1, 0.15) is 0 Å². The fourth-order valence-corrected chi connectivity index (χ4v) is 4.74. The SMILES string of the molecule is CCNC(=NCC1CCCN(C)C1)N1CCN(C(C)C(=O)N2CCCC2)CC1.I. The minimum atomic E-state index is -0.00227. The van der Waals surface area contributed by atoms with Crippen molar-refractivity contribution in [3.63, 3.8) is 0 Å². The molecule has 2 atom stereocenters. The smallest absolute Gasteiger partial charge is 0.239 e. The van der Waals surface area contributed by atoms with Gasteiger partial charge in [-0.1, -0.05) is 0 Å². The van der Waals surface area contributed by atoms with Crippen LogP contribution >= 0.6 is 24.0 Å². The van der Waals surface area contributed by atoms with Crippen LogP contribution in [0.1, 0.15) is 39.5 Å². The van der Waals surface area contributed by atoms with E-state index in [4.69, 9.17) is 4.99 Å². The molecule has 29 heavy (non-hydrogen) atoms. The van der Waals surface area contributed by atoms with Crippen LogP contribution in [0.5, 0.6) is 0 Å². The first kappa shape index (κ1) is 24.7. The van der Waals surface area contributed by atoms with Gasteiger partial charge in [0.25, 0.3) is 0 Å². The van der Waals surface area contributed by atoms with Crippen LogP contribution in [-0.4, -0.2) is 110 Å². The Balaban J connectivity index is 0.00000300. The Morgan fingerprint density at radius 2 is 1.72 bits per heavy atom. The summed E-state index contributed by atoms with van der Waals surface area (Å²) in [6, 6.07) is -0.00227. The van der Waals surface area contributed by atoms with Crippen molar-refractivity contribution >= 4 is 35.8 Å². The molecule has 168 valence electrons. The monoisotopic (exact) mass is 520 g/mol. The number of amides is 1. The predicted molar refractivity (Wildman–Crippen MR) is 130 cm³/mol. The number of carbonyl (C=O) groups excluding carboxylic acids is 1. The molecule has 0 radical (unpaired) electrons. The second-order valence-electron chi connectivity index (χ2n) is 8.70. The van der Waals surface area contributed by atoms with E-state index in [1.807, 2.05) is 4.90 Å². The number of likely N-dealkylation sites (tertiary alicyclic amines) is 2. The third-order valence-corrected chi connectivity index (χ3v) is 6.49. The number of aliphatic imine (C=N–C) groups is 1. The lowest BCUT2D eigenvalue weighted by molar-refractivity contribution is -0.135. The Kier molecular flexibility index (Phi) is 10.5. The van der Waals surface area contributed by atoms with Gasteiger partial charge in [-0.2, -0.15) is 0 Å². The van der Waals surface area contributed by atoms with Crippen molar-refractivity contribution in [3.8, 4) is 0 Å². The topological polar surface area (TPSA) is 54.4 Å². The second-order valence-corrected chi connectivity index (χ2v) is 8.70. The maximum absolute atomic E-state index is 12.7. The molecule has 0 aromatic heterocycles. The number of hydrogen-bond acceptors (Lipinski definition) is 4. The summed E-state index contributed by atoms with van der Waals surface area (Å²) in [5, 5.41) is 3.48. The summed E-state index contributed by atoms with van der Waals surface area (Å²) in [4.78, 5) is 26.9. The zero-order chi connectivity index (χ0) is 19.9. The van der Waals surface area contributed by atoms with Gasteiger partial charge < -0.3 is 20.0 Å². The van der Waals surface area contributed by atoms with Gasteiger partial charge in [-0.25, -0.2) is 0 Å². The molecule has 0 aliphatic carbocycles. The average molecular weight is 521 g/mol. The molecule has 0 aromatic carbocycles. The van der Waals surface area contributed by atoms with E-state index in [1.54, 1.807) is 0 Å². The molecule has 8 heteroatoms. The Labute approximate surface area is 194 Å². The van der Waals surface area contributed by atoms with Crippen LogP contribution in [0.4, 0.5) is 0 Å². The van der Waals surface area contributed by atoms with Gasteiger partial charge in [-0.3, -0.25) is 14.7 Å². The molecule has 0 spiro atoms. The van der Waals surface area contributed by atoms with Crippen molar-refractivity contribution in [3.05, 3.63) is 0 Å². The molecule has 3 rings (SSSR count). The highest BCUT2D eigenvalue weighted by Gasteiger charge is 2.30. The first-order chi connectivity index (χ1) is 13.6. The second kappa shape index (κ2) is 12.3. The third kappa shape index (κ3) is 6.95. The van der Waals surface area contributed by atoms with Crippen LogP contribution in [0.3, 0.4) is 0 Å². The molecule has 0 saturated carbocycles. The van der Waals surface area contributed by atoms with Crippen LogP contribution < -0.4 is 5.32 Å². The van der Waals surface area contributed by atoms with Gasteiger partial charge in [0.05, 0.1) is 6.04 Å². The van der Waals surface area contributed by atoms with E-state index >= 15 is 0 Å². The van der Waals surface area contributed by atoms with Crippen LogP contribution in [0, 0.1) is 5.92 Å². The molecular weight excluding hydrogens is 479 g/mol. The lowest BCUT2D eigenvalue weighted by atomic mass is 9.99. The first-order valence-electron chi connectivity index (χ1n) is 11.3. The number of hydrogen-bond donors (Lipinski definition) is 1. The van der Waals surface area contributed by atoms with Crippen LogP contribution in [0.25, 0.3) is 0 Å². The number of piperidine rings is 1. The molecule has 3 saturated heterocycles. The van der Waals surface area contributed by atoms with Crippen molar-refractivity contribution in [1.82, 2.24) is 24.9 Å². The summed E-state index contributed by atoms with van der Waals surface area (Å²) < 4.78 is 0. The summed E-state index contributed by atoms with van der Waals surface area (Å²) in [6.45, 7) is 14.0. The fourth-order valence-electron chi connectivity index (χ4n) is 4.74. The van der Waals surface area contributed by atoms with E-state index in [2.05, 4.69) is 40.9 Å². The number of rotatable bonds is 5. The van der Waals surface area contributed by atoms with Crippen LogP contribution in [0.2, 0.25) is 0 Å². The Morgan fingerprint density at radius 1 is 1.03 bits per heavy atom. The van der Waals surface area contributed by atoms with E-state index < -0.39 is 0 Å². The number of carbonyl (C=O) groups is 1. The molecule has 3 fully saturated rings. The molecule has 7 nitrogen and oxygen atoms in total. The average Bonchev–Trinajstić information content (AvgIpc) is 3.25. The minimum absolute atomic E-state index is 0. The number of halogens is 1. The summed E-state index contributed by atoms with van der Waals surface area (Å²) in [6.07, 6.45) is 4.89. The largest absolute Gasteiger partial charge is 0.357 e. The van der Waals surface area contributed by atoms with E-state index in [1.165, 1.54) is 19.4 Å². The van der Waals surface area contributed by atoms with Crippen molar-refractivity contribution in [2.24, 2.45) is 10.9 Å². The van der Waals surface area contributed by atoms with Gasteiger partial charge in [0, 0.05) is 58.9 Å². The molecule has 0 aromatic rings. The highest BCUT2D eigenvalue weighted by molar-refractivity contribution is 14.0. The van der Waals surface area contributed by atoms with Gasteiger partial charge in [-0.05, 0) is 59.0 Å². The quantitative estimate of drug-likeness (QED) is 0.339.